The molecule has 3 N–H and O–H groups in total. The van der Waals surface area contributed by atoms with Crippen molar-refractivity contribution in [3.05, 3.63) is 28.2 Å². The molecule has 1 heterocycles. The average molecular weight is 338 g/mol. The van der Waals surface area contributed by atoms with Crippen molar-refractivity contribution >= 4 is 27.5 Å². The van der Waals surface area contributed by atoms with Gasteiger partial charge in [0.1, 0.15) is 5.84 Å². The lowest BCUT2D eigenvalue weighted by atomic mass is 9.89. The van der Waals surface area contributed by atoms with E-state index in [0.717, 1.165) is 41.7 Å². The summed E-state index contributed by atoms with van der Waals surface area (Å²) in [4.78, 5) is 2.40. The van der Waals surface area contributed by atoms with Crippen LogP contribution < -0.4 is 10.6 Å². The number of fused-ring (bicyclic) bond motifs is 1. The number of ether oxygens (including phenoxy) is 1. The molecule has 3 rings (SSSR count). The Balaban J connectivity index is 1.96. The molecule has 0 amide bonds. The Morgan fingerprint density at radius 2 is 2.15 bits per heavy atom. The van der Waals surface area contributed by atoms with E-state index in [0.29, 0.717) is 12.1 Å². The van der Waals surface area contributed by atoms with Crippen molar-refractivity contribution in [3.8, 4) is 0 Å². The zero-order valence-corrected chi connectivity index (χ0v) is 13.0. The number of amidine groups is 1. The summed E-state index contributed by atoms with van der Waals surface area (Å²) in [6.45, 7) is 1.64. The van der Waals surface area contributed by atoms with Crippen LogP contribution >= 0.6 is 15.9 Å². The maximum Gasteiger partial charge on any atom is 0.124 e. The summed E-state index contributed by atoms with van der Waals surface area (Å²) in [6, 6.07) is 6.45. The van der Waals surface area contributed by atoms with Crippen LogP contribution in [0.15, 0.2) is 22.7 Å². The molecular formula is C15H20BrN3O. The fourth-order valence-electron chi connectivity index (χ4n) is 3.37. The number of nitrogens with zero attached hydrogens (tertiary/aromatic N) is 1. The highest BCUT2D eigenvalue weighted by molar-refractivity contribution is 9.10. The first-order valence-electron chi connectivity index (χ1n) is 7.19. The molecule has 108 valence electrons. The van der Waals surface area contributed by atoms with E-state index in [2.05, 4.69) is 26.9 Å². The van der Waals surface area contributed by atoms with E-state index in [4.69, 9.17) is 15.9 Å². The van der Waals surface area contributed by atoms with E-state index in [1.54, 1.807) is 0 Å². The Kier molecular flexibility index (Phi) is 3.98. The molecule has 5 heteroatoms. The van der Waals surface area contributed by atoms with E-state index in [9.17, 15) is 0 Å². The molecule has 0 radical (unpaired) electrons. The molecule has 1 aromatic carbocycles. The standard InChI is InChI=1S/C15H20BrN3O/c16-10-5-6-12(11(9-10)15(17)18)19-7-8-20-14-4-2-1-3-13(14)19/h5-6,9,13-14H,1-4,7-8H2,(H3,17,18). The van der Waals surface area contributed by atoms with Crippen molar-refractivity contribution in [1.82, 2.24) is 0 Å². The van der Waals surface area contributed by atoms with Gasteiger partial charge in [0.25, 0.3) is 0 Å². The molecule has 4 nitrogen and oxygen atoms in total. The normalized spacial score (nSPS) is 26.1. The number of morpholine rings is 1. The number of anilines is 1. The summed E-state index contributed by atoms with van der Waals surface area (Å²) >= 11 is 3.46. The molecule has 2 unspecified atom stereocenters. The highest BCUT2D eigenvalue weighted by Gasteiger charge is 2.35. The van der Waals surface area contributed by atoms with Crippen molar-refractivity contribution in [2.75, 3.05) is 18.1 Å². The molecule has 1 aliphatic carbocycles. The van der Waals surface area contributed by atoms with Crippen molar-refractivity contribution in [2.45, 2.75) is 37.8 Å². The van der Waals surface area contributed by atoms with E-state index < -0.39 is 0 Å². The number of nitrogen functional groups attached to an aromatic ring is 1. The van der Waals surface area contributed by atoms with Crippen LogP contribution in [0.5, 0.6) is 0 Å². The Labute approximate surface area is 127 Å². The Hall–Kier alpha value is -1.07. The Morgan fingerprint density at radius 3 is 2.95 bits per heavy atom. The number of halogens is 1. The van der Waals surface area contributed by atoms with E-state index in [-0.39, 0.29) is 5.84 Å². The van der Waals surface area contributed by atoms with Gasteiger partial charge in [0.15, 0.2) is 0 Å². The third kappa shape index (κ3) is 2.56. The predicted molar refractivity (Wildman–Crippen MR) is 84.5 cm³/mol. The fourth-order valence-corrected chi connectivity index (χ4v) is 3.73. The minimum absolute atomic E-state index is 0.125. The molecule has 2 fully saturated rings. The summed E-state index contributed by atoms with van der Waals surface area (Å²) < 4.78 is 6.88. The Bertz CT molecular complexity index is 518. The van der Waals surface area contributed by atoms with Gasteiger partial charge < -0.3 is 15.4 Å². The second kappa shape index (κ2) is 5.74. The number of hydrogen-bond donors (Lipinski definition) is 2. The van der Waals surface area contributed by atoms with Crippen molar-refractivity contribution < 1.29 is 4.74 Å². The maximum atomic E-state index is 7.82. The zero-order chi connectivity index (χ0) is 14.1. The largest absolute Gasteiger partial charge is 0.384 e. The lowest BCUT2D eigenvalue weighted by Gasteiger charge is -2.45. The van der Waals surface area contributed by atoms with Gasteiger partial charge >= 0.3 is 0 Å². The van der Waals surface area contributed by atoms with Gasteiger partial charge in [0.2, 0.25) is 0 Å². The molecule has 1 saturated heterocycles. The van der Waals surface area contributed by atoms with Gasteiger partial charge in [-0.15, -0.1) is 0 Å². The Morgan fingerprint density at radius 1 is 1.35 bits per heavy atom. The van der Waals surface area contributed by atoms with Gasteiger partial charge in [-0.05, 0) is 31.0 Å². The van der Waals surface area contributed by atoms with Gasteiger partial charge in [0, 0.05) is 22.3 Å². The number of hydrogen-bond acceptors (Lipinski definition) is 3. The number of nitrogens with two attached hydrogens (primary N) is 1. The number of nitrogens with one attached hydrogen (secondary N) is 1. The predicted octanol–water partition coefficient (Wildman–Crippen LogP) is 2.88. The topological polar surface area (TPSA) is 62.3 Å². The zero-order valence-electron chi connectivity index (χ0n) is 11.4. The molecule has 0 aromatic heterocycles. The SMILES string of the molecule is N=C(N)c1cc(Br)ccc1N1CCOC2CCCCC21. The molecule has 1 aliphatic heterocycles. The number of rotatable bonds is 2. The smallest absolute Gasteiger partial charge is 0.124 e. The second-order valence-corrected chi connectivity index (χ2v) is 6.45. The molecular weight excluding hydrogens is 318 g/mol. The molecule has 20 heavy (non-hydrogen) atoms. The van der Waals surface area contributed by atoms with Crippen molar-refractivity contribution in [2.24, 2.45) is 5.73 Å². The quantitative estimate of drug-likeness (QED) is 0.644. The summed E-state index contributed by atoms with van der Waals surface area (Å²) in [5.74, 6) is 0.125. The summed E-state index contributed by atoms with van der Waals surface area (Å²) in [6.07, 6.45) is 5.16. The highest BCUT2D eigenvalue weighted by Crippen LogP contribution is 2.34. The maximum absolute atomic E-state index is 7.82. The van der Waals surface area contributed by atoms with E-state index in [1.165, 1.54) is 12.8 Å². The minimum atomic E-state index is 0.125. The minimum Gasteiger partial charge on any atom is -0.384 e. The molecule has 1 aromatic rings. The lowest BCUT2D eigenvalue weighted by Crippen LogP contribution is -2.53. The third-order valence-electron chi connectivity index (χ3n) is 4.29. The molecule has 1 saturated carbocycles. The first-order chi connectivity index (χ1) is 9.66. The van der Waals surface area contributed by atoms with Crippen LogP contribution in [0, 0.1) is 5.41 Å². The van der Waals surface area contributed by atoms with Gasteiger partial charge in [-0.25, -0.2) is 0 Å². The van der Waals surface area contributed by atoms with Crippen LogP contribution in [0.1, 0.15) is 31.2 Å². The van der Waals surface area contributed by atoms with Crippen LogP contribution in [-0.2, 0) is 4.74 Å². The van der Waals surface area contributed by atoms with Crippen LogP contribution in [-0.4, -0.2) is 31.1 Å². The average Bonchev–Trinajstić information content (AvgIpc) is 2.46. The van der Waals surface area contributed by atoms with Gasteiger partial charge in [-0.3, -0.25) is 5.41 Å². The summed E-state index contributed by atoms with van der Waals surface area (Å²) in [5, 5.41) is 7.82. The highest BCUT2D eigenvalue weighted by atomic mass is 79.9. The van der Waals surface area contributed by atoms with E-state index >= 15 is 0 Å². The number of benzene rings is 1. The first-order valence-corrected chi connectivity index (χ1v) is 7.98. The van der Waals surface area contributed by atoms with Crippen LogP contribution in [0.4, 0.5) is 5.69 Å². The molecule has 2 atom stereocenters. The molecule has 0 bridgehead atoms. The monoisotopic (exact) mass is 337 g/mol. The van der Waals surface area contributed by atoms with E-state index in [1.807, 2.05) is 12.1 Å². The summed E-state index contributed by atoms with van der Waals surface area (Å²) in [5.41, 5.74) is 7.64. The van der Waals surface area contributed by atoms with Crippen molar-refractivity contribution in [3.63, 3.8) is 0 Å². The van der Waals surface area contributed by atoms with Gasteiger partial charge in [0.05, 0.1) is 18.8 Å². The fraction of sp³-hybridized carbons (Fsp3) is 0.533. The molecule has 0 spiro atoms. The second-order valence-electron chi connectivity index (χ2n) is 5.53. The third-order valence-corrected chi connectivity index (χ3v) is 4.78. The van der Waals surface area contributed by atoms with Crippen molar-refractivity contribution in [1.29, 1.82) is 5.41 Å². The van der Waals surface area contributed by atoms with Crippen LogP contribution in [0.25, 0.3) is 0 Å². The van der Waals surface area contributed by atoms with Crippen LogP contribution in [0.3, 0.4) is 0 Å². The first kappa shape index (κ1) is 13.9. The lowest BCUT2D eigenvalue weighted by molar-refractivity contribution is -0.00868. The molecule has 2 aliphatic rings. The van der Waals surface area contributed by atoms with Crippen LogP contribution in [0.2, 0.25) is 0 Å². The van der Waals surface area contributed by atoms with Gasteiger partial charge in [-0.1, -0.05) is 28.8 Å². The summed E-state index contributed by atoms with van der Waals surface area (Å²) in [7, 11) is 0. The van der Waals surface area contributed by atoms with Gasteiger partial charge in [-0.2, -0.15) is 0 Å².